The summed E-state index contributed by atoms with van der Waals surface area (Å²) in [6, 6.07) is 8.88. The third-order valence-electron chi connectivity index (χ3n) is 6.42. The summed E-state index contributed by atoms with van der Waals surface area (Å²) < 4.78 is 34.3. The first kappa shape index (κ1) is 28.3. The van der Waals surface area contributed by atoms with Crippen molar-refractivity contribution in [3.8, 4) is 17.0 Å². The fraction of sp³-hybridized carbons (Fsp3) is 0.633. The Kier molecular flexibility index (Phi) is 14.5. The molecule has 2 nitrogen and oxygen atoms in total. The number of hydrogen-bond acceptors (Lipinski definition) is 2. The van der Waals surface area contributed by atoms with E-state index in [-0.39, 0.29) is 5.82 Å². The fourth-order valence-corrected chi connectivity index (χ4v) is 4.20. The minimum absolute atomic E-state index is 0.299. The van der Waals surface area contributed by atoms with Crippen molar-refractivity contribution in [3.05, 3.63) is 47.9 Å². The van der Waals surface area contributed by atoms with Gasteiger partial charge in [-0.2, -0.15) is 0 Å². The number of hydrogen-bond donors (Lipinski definition) is 0. The molecule has 0 saturated heterocycles. The molecule has 1 atom stereocenters. The van der Waals surface area contributed by atoms with Gasteiger partial charge in [0.15, 0.2) is 11.6 Å². The molecule has 1 aromatic heterocycles. The Labute approximate surface area is 206 Å². The molecule has 0 bridgehead atoms. The Bertz CT molecular complexity index is 778. The number of ether oxygens (including phenoxy) is 1. The number of pyridine rings is 1. The largest absolute Gasteiger partial charge is 0.491 e. The van der Waals surface area contributed by atoms with Crippen LogP contribution in [-0.4, -0.2) is 17.8 Å². The van der Waals surface area contributed by atoms with Crippen LogP contribution < -0.4 is 4.74 Å². The van der Waals surface area contributed by atoms with Crippen LogP contribution in [-0.2, 0) is 6.42 Å². The molecular weight excluding hydrogens is 428 g/mol. The molecule has 0 radical (unpaired) electrons. The Hall–Kier alpha value is -1.97. The first-order chi connectivity index (χ1) is 16.6. The van der Waals surface area contributed by atoms with Gasteiger partial charge in [-0.25, -0.2) is 8.78 Å². The van der Waals surface area contributed by atoms with Crippen molar-refractivity contribution < 1.29 is 13.5 Å². The number of alkyl halides is 1. The number of halogens is 2. The van der Waals surface area contributed by atoms with E-state index >= 15 is 0 Å². The van der Waals surface area contributed by atoms with E-state index < -0.39 is 6.17 Å². The van der Waals surface area contributed by atoms with Crippen LogP contribution in [0.4, 0.5) is 8.78 Å². The molecule has 0 spiro atoms. The van der Waals surface area contributed by atoms with Gasteiger partial charge in [0, 0.05) is 11.8 Å². The van der Waals surface area contributed by atoms with Gasteiger partial charge < -0.3 is 4.74 Å². The third-order valence-corrected chi connectivity index (χ3v) is 6.42. The molecule has 0 N–H and O–H groups in total. The van der Waals surface area contributed by atoms with Crippen LogP contribution in [0.1, 0.15) is 109 Å². The van der Waals surface area contributed by atoms with Gasteiger partial charge in [-0.3, -0.25) is 4.98 Å². The lowest BCUT2D eigenvalue weighted by Gasteiger charge is -2.10. The van der Waals surface area contributed by atoms with E-state index in [1.807, 2.05) is 18.2 Å². The topological polar surface area (TPSA) is 22.1 Å². The first-order valence-electron chi connectivity index (χ1n) is 13.7. The van der Waals surface area contributed by atoms with Crippen LogP contribution in [0.25, 0.3) is 11.3 Å². The van der Waals surface area contributed by atoms with E-state index in [0.29, 0.717) is 37.3 Å². The Morgan fingerprint density at radius 3 is 2.12 bits per heavy atom. The second kappa shape index (κ2) is 17.5. The lowest BCUT2D eigenvalue weighted by Crippen LogP contribution is -2.02. The molecule has 0 aliphatic heterocycles. The van der Waals surface area contributed by atoms with Crippen molar-refractivity contribution in [2.45, 2.75) is 116 Å². The summed E-state index contributed by atoms with van der Waals surface area (Å²) >= 11 is 0. The zero-order valence-corrected chi connectivity index (χ0v) is 21.5. The Morgan fingerprint density at radius 1 is 0.794 bits per heavy atom. The highest BCUT2D eigenvalue weighted by atomic mass is 19.1. The standard InChI is InChI=1S/C30H45F2NO/c1-3-5-7-9-11-13-15-27(31)19-16-25-17-20-29(33-24-25)26-18-21-30(28(32)23-26)34-22-14-12-10-8-6-4-2/h17-18,20-21,23-24,27H,3-16,19,22H2,1-2H3. The summed E-state index contributed by atoms with van der Waals surface area (Å²) in [6.07, 6.45) is 17.1. The molecular formula is C30H45F2NO. The van der Waals surface area contributed by atoms with Crippen LogP contribution in [0.15, 0.2) is 36.5 Å². The molecule has 0 aliphatic rings. The maximum Gasteiger partial charge on any atom is 0.165 e. The van der Waals surface area contributed by atoms with Crippen molar-refractivity contribution >= 4 is 0 Å². The Morgan fingerprint density at radius 2 is 1.47 bits per heavy atom. The van der Waals surface area contributed by atoms with Gasteiger partial charge in [-0.15, -0.1) is 0 Å². The number of rotatable bonds is 19. The summed E-state index contributed by atoms with van der Waals surface area (Å²) in [5.41, 5.74) is 2.46. The molecule has 2 rings (SSSR count). The van der Waals surface area contributed by atoms with Crippen LogP contribution in [0.3, 0.4) is 0 Å². The first-order valence-corrected chi connectivity index (χ1v) is 13.7. The van der Waals surface area contributed by atoms with E-state index in [9.17, 15) is 8.78 Å². The summed E-state index contributed by atoms with van der Waals surface area (Å²) in [5.74, 6) is -0.0578. The third kappa shape index (κ3) is 11.4. The van der Waals surface area contributed by atoms with Crippen molar-refractivity contribution in [3.63, 3.8) is 0 Å². The summed E-state index contributed by atoms with van der Waals surface area (Å²) in [6.45, 7) is 4.96. The fourth-order valence-electron chi connectivity index (χ4n) is 4.20. The average molecular weight is 474 g/mol. The Balaban J connectivity index is 1.71. The molecule has 34 heavy (non-hydrogen) atoms. The van der Waals surface area contributed by atoms with E-state index in [0.717, 1.165) is 36.8 Å². The lowest BCUT2D eigenvalue weighted by atomic mass is 10.0. The van der Waals surface area contributed by atoms with E-state index in [2.05, 4.69) is 18.8 Å². The van der Waals surface area contributed by atoms with Gasteiger partial charge in [0.05, 0.1) is 12.3 Å². The molecule has 2 aromatic rings. The number of aryl methyl sites for hydroxylation is 1. The monoisotopic (exact) mass is 473 g/mol. The van der Waals surface area contributed by atoms with Crippen LogP contribution in [0.5, 0.6) is 5.75 Å². The highest BCUT2D eigenvalue weighted by Gasteiger charge is 2.09. The molecule has 1 unspecified atom stereocenters. The summed E-state index contributed by atoms with van der Waals surface area (Å²) in [5, 5.41) is 0. The predicted molar refractivity (Wildman–Crippen MR) is 140 cm³/mol. The molecule has 190 valence electrons. The lowest BCUT2D eigenvalue weighted by molar-refractivity contribution is 0.287. The second-order valence-corrected chi connectivity index (χ2v) is 9.51. The van der Waals surface area contributed by atoms with Crippen LogP contribution in [0.2, 0.25) is 0 Å². The maximum atomic E-state index is 14.5. The number of benzene rings is 1. The van der Waals surface area contributed by atoms with Gasteiger partial charge in [0.1, 0.15) is 6.17 Å². The molecule has 4 heteroatoms. The van der Waals surface area contributed by atoms with Crippen molar-refractivity contribution in [1.29, 1.82) is 0 Å². The zero-order chi connectivity index (χ0) is 24.4. The van der Waals surface area contributed by atoms with E-state index in [4.69, 9.17) is 4.74 Å². The molecule has 0 amide bonds. The van der Waals surface area contributed by atoms with Crippen LogP contribution in [0, 0.1) is 5.82 Å². The molecule has 0 saturated carbocycles. The predicted octanol–water partition coefficient (Wildman–Crippen LogP) is 9.65. The highest BCUT2D eigenvalue weighted by molar-refractivity contribution is 5.60. The van der Waals surface area contributed by atoms with E-state index in [1.165, 1.54) is 57.4 Å². The minimum Gasteiger partial charge on any atom is -0.491 e. The minimum atomic E-state index is -0.746. The summed E-state index contributed by atoms with van der Waals surface area (Å²) in [4.78, 5) is 4.48. The molecule has 1 heterocycles. The number of nitrogens with zero attached hydrogens (tertiary/aromatic N) is 1. The van der Waals surface area contributed by atoms with Crippen molar-refractivity contribution in [2.24, 2.45) is 0 Å². The van der Waals surface area contributed by atoms with Crippen LogP contribution >= 0.6 is 0 Å². The number of unbranched alkanes of at least 4 members (excludes halogenated alkanes) is 10. The normalized spacial score (nSPS) is 12.1. The SMILES string of the molecule is CCCCCCCCOc1ccc(-c2ccc(CCC(F)CCCCCCCC)cn2)cc1F. The average Bonchev–Trinajstić information content (AvgIpc) is 2.85. The van der Waals surface area contributed by atoms with E-state index in [1.54, 1.807) is 12.3 Å². The second-order valence-electron chi connectivity index (χ2n) is 9.51. The maximum absolute atomic E-state index is 14.5. The number of aromatic nitrogens is 1. The van der Waals surface area contributed by atoms with Gasteiger partial charge in [0.2, 0.25) is 0 Å². The van der Waals surface area contributed by atoms with Gasteiger partial charge in [-0.1, -0.05) is 90.5 Å². The molecule has 0 fully saturated rings. The molecule has 1 aromatic carbocycles. The van der Waals surface area contributed by atoms with Crippen molar-refractivity contribution in [1.82, 2.24) is 4.98 Å². The van der Waals surface area contributed by atoms with Gasteiger partial charge in [0.25, 0.3) is 0 Å². The quantitative estimate of drug-likeness (QED) is 0.189. The highest BCUT2D eigenvalue weighted by Crippen LogP contribution is 2.25. The zero-order valence-electron chi connectivity index (χ0n) is 21.5. The van der Waals surface area contributed by atoms with Crippen molar-refractivity contribution in [2.75, 3.05) is 6.61 Å². The van der Waals surface area contributed by atoms with Gasteiger partial charge >= 0.3 is 0 Å². The smallest absolute Gasteiger partial charge is 0.165 e. The molecule has 0 aliphatic carbocycles. The summed E-state index contributed by atoms with van der Waals surface area (Å²) in [7, 11) is 0. The van der Waals surface area contributed by atoms with Gasteiger partial charge in [-0.05, 0) is 55.5 Å².